The lowest BCUT2D eigenvalue weighted by Gasteiger charge is -2.17. The van der Waals surface area contributed by atoms with Crippen LogP contribution in [0.4, 0.5) is 0 Å². The number of rotatable bonds is 4. The van der Waals surface area contributed by atoms with E-state index in [9.17, 15) is 14.4 Å². The number of fused-ring (bicyclic) bond motifs is 1. The first-order valence-corrected chi connectivity index (χ1v) is 7.53. The molecule has 0 fully saturated rings. The molecule has 1 aliphatic heterocycles. The lowest BCUT2D eigenvalue weighted by Crippen LogP contribution is -2.31. The maximum Gasteiger partial charge on any atom is 0.348 e. The Morgan fingerprint density at radius 3 is 2.59 bits per heavy atom. The molecule has 2 aromatic heterocycles. The molecular formula is C14H11IO7. The summed E-state index contributed by atoms with van der Waals surface area (Å²) < 4.78 is 19.6. The third-order valence-corrected chi connectivity index (χ3v) is 4.80. The van der Waals surface area contributed by atoms with Gasteiger partial charge in [-0.2, -0.15) is 0 Å². The Kier molecular flexibility index (Phi) is 3.31. The van der Waals surface area contributed by atoms with Gasteiger partial charge in [-0.15, -0.1) is 0 Å². The summed E-state index contributed by atoms with van der Waals surface area (Å²) in [5.74, 6) is -2.00. The Labute approximate surface area is 138 Å². The van der Waals surface area contributed by atoms with Gasteiger partial charge in [-0.3, -0.25) is 4.79 Å². The van der Waals surface area contributed by atoms with E-state index in [-0.39, 0.29) is 33.8 Å². The molecule has 22 heavy (non-hydrogen) atoms. The number of carbonyl (C=O) groups is 3. The van der Waals surface area contributed by atoms with Crippen LogP contribution in [0.3, 0.4) is 0 Å². The molecule has 0 spiro atoms. The monoisotopic (exact) mass is 418 g/mol. The molecule has 0 aliphatic carbocycles. The Morgan fingerprint density at radius 1 is 1.32 bits per heavy atom. The molecule has 8 heteroatoms. The second-order valence-electron chi connectivity index (χ2n) is 4.99. The minimum Gasteiger partial charge on any atom is -0.465 e. The van der Waals surface area contributed by atoms with Gasteiger partial charge in [0.25, 0.3) is 0 Å². The molecule has 2 bridgehead atoms. The highest BCUT2D eigenvalue weighted by Gasteiger charge is 2.44. The highest BCUT2D eigenvalue weighted by Crippen LogP contribution is 2.52. The number of benzene rings is 1. The van der Waals surface area contributed by atoms with Crippen molar-refractivity contribution in [3.05, 3.63) is 11.1 Å². The normalized spacial score (nSPS) is 15.7. The molecule has 0 radical (unpaired) electrons. The fraction of sp³-hybridized carbons (Fsp3) is 0.357. The van der Waals surface area contributed by atoms with Crippen LogP contribution in [0.2, 0.25) is 0 Å². The van der Waals surface area contributed by atoms with Crippen molar-refractivity contribution in [1.82, 2.24) is 0 Å². The topological polar surface area (TPSA) is 92.0 Å². The number of hydrogen-bond acceptors (Lipinski definition) is 7. The third kappa shape index (κ3) is 1.89. The van der Waals surface area contributed by atoms with Crippen LogP contribution in [-0.4, -0.2) is 28.4 Å². The predicted molar refractivity (Wildman–Crippen MR) is 82.0 cm³/mol. The van der Waals surface area contributed by atoms with E-state index in [0.29, 0.717) is 6.42 Å². The minimum absolute atomic E-state index is 0.00523. The Bertz CT molecular complexity index is 802. The molecule has 2 aromatic rings. The van der Waals surface area contributed by atoms with E-state index in [0.717, 1.165) is 0 Å². The largest absolute Gasteiger partial charge is 0.465 e. The van der Waals surface area contributed by atoms with Crippen molar-refractivity contribution in [2.75, 3.05) is 7.11 Å². The van der Waals surface area contributed by atoms with Crippen molar-refractivity contribution >= 4 is 51.7 Å². The number of methoxy groups -OCH3 is 1. The predicted octanol–water partition coefficient (Wildman–Crippen LogP) is 2.70. The molecule has 0 saturated carbocycles. The molecule has 116 valence electrons. The summed E-state index contributed by atoms with van der Waals surface area (Å²) in [6.45, 7) is 3.56. The first kappa shape index (κ1) is 15.1. The first-order chi connectivity index (χ1) is 10.3. The van der Waals surface area contributed by atoms with Crippen LogP contribution < -0.4 is 9.47 Å². The summed E-state index contributed by atoms with van der Waals surface area (Å²) in [7, 11) is 1.18. The number of alkyl halides is 1. The van der Waals surface area contributed by atoms with E-state index in [1.807, 2.05) is 29.5 Å². The number of furan rings is 2. The number of hydrogen-bond donors (Lipinski definition) is 0. The molecule has 3 heterocycles. The van der Waals surface area contributed by atoms with Crippen LogP contribution in [0.1, 0.15) is 41.0 Å². The quantitative estimate of drug-likeness (QED) is 0.326. The molecular weight excluding hydrogens is 407 g/mol. The summed E-state index contributed by atoms with van der Waals surface area (Å²) in [5.41, 5.74) is 0.0480. The van der Waals surface area contributed by atoms with Crippen molar-refractivity contribution in [2.45, 2.75) is 23.7 Å². The zero-order valence-corrected chi connectivity index (χ0v) is 14.1. The minimum atomic E-state index is -0.751. The SMILES string of the molecule is CCC(C)(I)C(=O)Oc1c2c3oc1c(C(=O)OC)c3C(=O)O2. The van der Waals surface area contributed by atoms with Gasteiger partial charge >= 0.3 is 17.9 Å². The molecule has 1 aliphatic rings. The summed E-state index contributed by atoms with van der Waals surface area (Å²) in [5, 5.41) is 0. The summed E-state index contributed by atoms with van der Waals surface area (Å²) in [6, 6.07) is 0. The lowest BCUT2D eigenvalue weighted by molar-refractivity contribution is -0.136. The fourth-order valence-electron chi connectivity index (χ4n) is 2.12. The fourth-order valence-corrected chi connectivity index (χ4v) is 2.23. The number of ether oxygens (including phenoxy) is 3. The van der Waals surface area contributed by atoms with Gasteiger partial charge in [0.1, 0.15) is 14.5 Å². The highest BCUT2D eigenvalue weighted by atomic mass is 127. The van der Waals surface area contributed by atoms with E-state index in [4.69, 9.17) is 13.9 Å². The van der Waals surface area contributed by atoms with Crippen molar-refractivity contribution in [1.29, 1.82) is 0 Å². The van der Waals surface area contributed by atoms with Crippen LogP contribution in [0.15, 0.2) is 4.42 Å². The molecule has 1 atom stereocenters. The van der Waals surface area contributed by atoms with Crippen molar-refractivity contribution in [2.24, 2.45) is 0 Å². The van der Waals surface area contributed by atoms with Gasteiger partial charge in [0.2, 0.25) is 11.5 Å². The number of halogens is 1. The third-order valence-electron chi connectivity index (χ3n) is 3.60. The van der Waals surface area contributed by atoms with Crippen LogP contribution in [0.25, 0.3) is 11.2 Å². The maximum atomic E-state index is 12.2. The molecule has 0 aromatic carbocycles. The van der Waals surface area contributed by atoms with Gasteiger partial charge in [0, 0.05) is 0 Å². The highest BCUT2D eigenvalue weighted by molar-refractivity contribution is 14.1. The van der Waals surface area contributed by atoms with Crippen molar-refractivity contribution < 1.29 is 33.0 Å². The van der Waals surface area contributed by atoms with Gasteiger partial charge in [0.15, 0.2) is 11.2 Å². The zero-order chi connectivity index (χ0) is 16.2. The average molecular weight is 418 g/mol. The van der Waals surface area contributed by atoms with Gasteiger partial charge in [-0.1, -0.05) is 29.5 Å². The number of esters is 3. The maximum absolute atomic E-state index is 12.2. The smallest absolute Gasteiger partial charge is 0.348 e. The van der Waals surface area contributed by atoms with Crippen LogP contribution in [0, 0.1) is 0 Å². The second-order valence-corrected chi connectivity index (χ2v) is 7.37. The Hall–Kier alpha value is -1.84. The van der Waals surface area contributed by atoms with Gasteiger partial charge in [-0.25, -0.2) is 9.59 Å². The van der Waals surface area contributed by atoms with Gasteiger partial charge in [0.05, 0.1) is 7.11 Å². The lowest BCUT2D eigenvalue weighted by atomic mass is 10.1. The van der Waals surface area contributed by atoms with E-state index >= 15 is 0 Å². The van der Waals surface area contributed by atoms with Crippen molar-refractivity contribution in [3.8, 4) is 11.5 Å². The van der Waals surface area contributed by atoms with Crippen LogP contribution in [0.5, 0.6) is 11.5 Å². The number of carbonyl (C=O) groups excluding carboxylic acids is 3. The Balaban J connectivity index is 2.09. The molecule has 1 unspecified atom stereocenters. The molecule has 7 nitrogen and oxygen atoms in total. The standard InChI is InChI=1S/C14H11IO7/c1-4-14(2,15)13(18)22-10-7-5(11(16)19-3)6-8(20-7)9(10)21-12(6)17/h4H2,1-3H3. The summed E-state index contributed by atoms with van der Waals surface area (Å²) >= 11 is 1.98. The Morgan fingerprint density at radius 2 is 2.00 bits per heavy atom. The molecule has 0 N–H and O–H groups in total. The van der Waals surface area contributed by atoms with Gasteiger partial charge in [-0.05, 0) is 13.3 Å². The van der Waals surface area contributed by atoms with E-state index in [1.165, 1.54) is 7.11 Å². The molecule has 0 saturated heterocycles. The molecule has 0 amide bonds. The zero-order valence-electron chi connectivity index (χ0n) is 11.9. The van der Waals surface area contributed by atoms with E-state index in [1.54, 1.807) is 6.92 Å². The van der Waals surface area contributed by atoms with Crippen LogP contribution in [-0.2, 0) is 9.53 Å². The average Bonchev–Trinajstić information content (AvgIpc) is 3.09. The molecule has 3 rings (SSSR count). The van der Waals surface area contributed by atoms with E-state index in [2.05, 4.69) is 4.74 Å². The van der Waals surface area contributed by atoms with Crippen molar-refractivity contribution in [3.63, 3.8) is 0 Å². The van der Waals surface area contributed by atoms with Crippen LogP contribution >= 0.6 is 22.6 Å². The van der Waals surface area contributed by atoms with E-state index < -0.39 is 21.3 Å². The summed E-state index contributed by atoms with van der Waals surface area (Å²) in [4.78, 5) is 35.9. The second kappa shape index (κ2) is 4.83. The van der Waals surface area contributed by atoms with Gasteiger partial charge < -0.3 is 18.6 Å². The summed E-state index contributed by atoms with van der Waals surface area (Å²) in [6.07, 6.45) is 0.548. The first-order valence-electron chi connectivity index (χ1n) is 6.45.